The van der Waals surface area contributed by atoms with Crippen molar-refractivity contribution in [2.45, 2.75) is 43.9 Å². The molecule has 0 radical (unpaired) electrons. The summed E-state index contributed by atoms with van der Waals surface area (Å²) in [5, 5.41) is 0. The lowest BCUT2D eigenvalue weighted by Crippen LogP contribution is -2.08. The third-order valence-electron chi connectivity index (χ3n) is 3.52. The van der Waals surface area contributed by atoms with E-state index in [1.165, 1.54) is 36.0 Å². The Bertz CT molecular complexity index is 387. The molecule has 2 rings (SSSR count). The van der Waals surface area contributed by atoms with Gasteiger partial charge in [-0.05, 0) is 43.9 Å². The van der Waals surface area contributed by atoms with Gasteiger partial charge in [0.1, 0.15) is 5.75 Å². The number of hydrogen-bond acceptors (Lipinski definition) is 1. The SMILES string of the molecule is COc1cc(C)cc(C)c1C1CCCC1Br. The quantitative estimate of drug-likeness (QED) is 0.733. The Morgan fingerprint density at radius 3 is 2.56 bits per heavy atom. The van der Waals surface area contributed by atoms with E-state index >= 15 is 0 Å². The zero-order valence-electron chi connectivity index (χ0n) is 10.2. The largest absolute Gasteiger partial charge is 0.496 e. The van der Waals surface area contributed by atoms with Crippen molar-refractivity contribution in [3.05, 3.63) is 28.8 Å². The maximum atomic E-state index is 5.55. The van der Waals surface area contributed by atoms with Crippen molar-refractivity contribution in [2.75, 3.05) is 7.11 Å². The van der Waals surface area contributed by atoms with Gasteiger partial charge in [-0.15, -0.1) is 0 Å². The zero-order valence-corrected chi connectivity index (χ0v) is 11.8. The van der Waals surface area contributed by atoms with Gasteiger partial charge in [-0.1, -0.05) is 28.4 Å². The molecule has 1 fully saturated rings. The van der Waals surface area contributed by atoms with Crippen molar-refractivity contribution in [1.29, 1.82) is 0 Å². The summed E-state index contributed by atoms with van der Waals surface area (Å²) < 4.78 is 5.55. The summed E-state index contributed by atoms with van der Waals surface area (Å²) in [4.78, 5) is 0.614. The second kappa shape index (κ2) is 4.79. The molecule has 2 heteroatoms. The van der Waals surface area contributed by atoms with Crippen LogP contribution in [0.15, 0.2) is 12.1 Å². The molecule has 1 aliphatic rings. The molecule has 1 aromatic rings. The zero-order chi connectivity index (χ0) is 11.7. The fourth-order valence-corrected chi connectivity index (χ4v) is 3.68. The van der Waals surface area contributed by atoms with Crippen LogP contribution in [0.25, 0.3) is 0 Å². The smallest absolute Gasteiger partial charge is 0.122 e. The van der Waals surface area contributed by atoms with Gasteiger partial charge in [0.25, 0.3) is 0 Å². The van der Waals surface area contributed by atoms with Crippen LogP contribution in [-0.2, 0) is 0 Å². The van der Waals surface area contributed by atoms with Gasteiger partial charge in [-0.3, -0.25) is 0 Å². The Morgan fingerprint density at radius 2 is 2.00 bits per heavy atom. The van der Waals surface area contributed by atoms with E-state index in [0.717, 1.165) is 5.75 Å². The molecule has 0 aromatic heterocycles. The average Bonchev–Trinajstić information content (AvgIpc) is 2.63. The molecule has 0 spiro atoms. The molecule has 2 atom stereocenters. The molecule has 88 valence electrons. The molecular weight excluding hydrogens is 264 g/mol. The lowest BCUT2D eigenvalue weighted by atomic mass is 9.91. The molecule has 0 saturated heterocycles. The maximum Gasteiger partial charge on any atom is 0.122 e. The molecule has 1 nitrogen and oxygen atoms in total. The average molecular weight is 283 g/mol. The number of aryl methyl sites for hydroxylation is 2. The van der Waals surface area contributed by atoms with Gasteiger partial charge in [0.05, 0.1) is 7.11 Å². The second-order valence-corrected chi connectivity index (χ2v) is 5.93. The number of methoxy groups -OCH3 is 1. The van der Waals surface area contributed by atoms with Crippen molar-refractivity contribution in [2.24, 2.45) is 0 Å². The first-order valence-corrected chi connectivity index (χ1v) is 6.84. The molecule has 0 aliphatic heterocycles. The topological polar surface area (TPSA) is 9.23 Å². The molecule has 0 amide bonds. The fourth-order valence-electron chi connectivity index (χ4n) is 2.82. The van der Waals surface area contributed by atoms with Crippen LogP contribution in [0.5, 0.6) is 5.75 Å². The summed E-state index contributed by atoms with van der Waals surface area (Å²) in [7, 11) is 1.77. The fraction of sp³-hybridized carbons (Fsp3) is 0.571. The Morgan fingerprint density at radius 1 is 1.25 bits per heavy atom. The Labute approximate surface area is 106 Å². The Balaban J connectivity index is 2.46. The Hall–Kier alpha value is -0.500. The lowest BCUT2D eigenvalue weighted by molar-refractivity contribution is 0.405. The van der Waals surface area contributed by atoms with Crippen LogP contribution in [0, 0.1) is 13.8 Å². The summed E-state index contributed by atoms with van der Waals surface area (Å²) in [6.07, 6.45) is 3.87. The molecule has 1 saturated carbocycles. The van der Waals surface area contributed by atoms with Gasteiger partial charge in [-0.25, -0.2) is 0 Å². The predicted molar refractivity (Wildman–Crippen MR) is 71.8 cm³/mol. The van der Waals surface area contributed by atoms with E-state index < -0.39 is 0 Å². The van der Waals surface area contributed by atoms with Crippen LogP contribution in [0.2, 0.25) is 0 Å². The molecule has 16 heavy (non-hydrogen) atoms. The number of halogens is 1. The minimum Gasteiger partial charge on any atom is -0.496 e. The highest BCUT2D eigenvalue weighted by Gasteiger charge is 2.29. The summed E-state index contributed by atoms with van der Waals surface area (Å²) in [6.45, 7) is 4.32. The summed E-state index contributed by atoms with van der Waals surface area (Å²) >= 11 is 3.80. The van der Waals surface area contributed by atoms with E-state index in [0.29, 0.717) is 10.7 Å². The predicted octanol–water partition coefficient (Wildman–Crippen LogP) is 4.34. The highest BCUT2D eigenvalue weighted by atomic mass is 79.9. The first kappa shape index (κ1) is 12.0. The van der Waals surface area contributed by atoms with Crippen molar-refractivity contribution in [3.63, 3.8) is 0 Å². The van der Waals surface area contributed by atoms with Crippen LogP contribution in [0.3, 0.4) is 0 Å². The lowest BCUT2D eigenvalue weighted by Gasteiger charge is -2.21. The van der Waals surface area contributed by atoms with E-state index in [1.807, 2.05) is 0 Å². The monoisotopic (exact) mass is 282 g/mol. The number of hydrogen-bond donors (Lipinski definition) is 0. The minimum atomic E-state index is 0.614. The summed E-state index contributed by atoms with van der Waals surface area (Å²) in [6, 6.07) is 4.41. The van der Waals surface area contributed by atoms with Crippen LogP contribution in [0.1, 0.15) is 41.9 Å². The normalized spacial score (nSPS) is 24.8. The molecule has 0 N–H and O–H groups in total. The molecular formula is C14H19BrO. The molecule has 0 bridgehead atoms. The van der Waals surface area contributed by atoms with Gasteiger partial charge >= 0.3 is 0 Å². The van der Waals surface area contributed by atoms with Crippen molar-refractivity contribution in [3.8, 4) is 5.75 Å². The first-order chi connectivity index (χ1) is 7.63. The third kappa shape index (κ3) is 2.13. The number of benzene rings is 1. The molecule has 2 unspecified atom stereocenters. The van der Waals surface area contributed by atoms with Crippen LogP contribution in [-0.4, -0.2) is 11.9 Å². The van der Waals surface area contributed by atoms with Crippen LogP contribution >= 0.6 is 15.9 Å². The first-order valence-electron chi connectivity index (χ1n) is 5.92. The van der Waals surface area contributed by atoms with Gasteiger partial charge in [-0.2, -0.15) is 0 Å². The highest BCUT2D eigenvalue weighted by molar-refractivity contribution is 9.09. The van der Waals surface area contributed by atoms with Gasteiger partial charge in [0.15, 0.2) is 0 Å². The van der Waals surface area contributed by atoms with Crippen molar-refractivity contribution < 1.29 is 4.74 Å². The number of rotatable bonds is 2. The molecule has 1 aliphatic carbocycles. The van der Waals surface area contributed by atoms with E-state index in [-0.39, 0.29) is 0 Å². The van der Waals surface area contributed by atoms with E-state index in [1.54, 1.807) is 7.11 Å². The summed E-state index contributed by atoms with van der Waals surface area (Å²) in [5.74, 6) is 1.68. The highest BCUT2D eigenvalue weighted by Crippen LogP contribution is 2.44. The van der Waals surface area contributed by atoms with Gasteiger partial charge in [0.2, 0.25) is 0 Å². The van der Waals surface area contributed by atoms with E-state index in [2.05, 4.69) is 41.9 Å². The maximum absolute atomic E-state index is 5.55. The van der Waals surface area contributed by atoms with Gasteiger partial charge < -0.3 is 4.74 Å². The van der Waals surface area contributed by atoms with Crippen LogP contribution < -0.4 is 4.74 Å². The minimum absolute atomic E-state index is 0.614. The molecule has 0 heterocycles. The van der Waals surface area contributed by atoms with E-state index in [9.17, 15) is 0 Å². The summed E-state index contributed by atoms with van der Waals surface area (Å²) in [5.41, 5.74) is 4.06. The number of ether oxygens (including phenoxy) is 1. The molecule has 1 aromatic carbocycles. The van der Waals surface area contributed by atoms with E-state index in [4.69, 9.17) is 4.74 Å². The van der Waals surface area contributed by atoms with Gasteiger partial charge in [0, 0.05) is 16.3 Å². The van der Waals surface area contributed by atoms with Crippen molar-refractivity contribution >= 4 is 15.9 Å². The standard InChI is InChI=1S/C14H19BrO/c1-9-7-10(2)14(13(8-9)16-3)11-5-4-6-12(11)15/h7-8,11-12H,4-6H2,1-3H3. The number of alkyl halides is 1. The van der Waals surface area contributed by atoms with Crippen LogP contribution in [0.4, 0.5) is 0 Å². The Kier molecular flexibility index (Phi) is 3.58. The second-order valence-electron chi connectivity index (χ2n) is 4.75. The van der Waals surface area contributed by atoms with Crippen molar-refractivity contribution in [1.82, 2.24) is 0 Å². The third-order valence-corrected chi connectivity index (χ3v) is 4.61.